The summed E-state index contributed by atoms with van der Waals surface area (Å²) in [5.74, 6) is 0.243. The van der Waals surface area contributed by atoms with E-state index in [1.807, 2.05) is 30.3 Å². The summed E-state index contributed by atoms with van der Waals surface area (Å²) in [5, 5.41) is 0. The maximum atomic E-state index is 12.9. The lowest BCUT2D eigenvalue weighted by atomic mass is 9.89. The summed E-state index contributed by atoms with van der Waals surface area (Å²) in [7, 11) is -0.775. The lowest BCUT2D eigenvalue weighted by Gasteiger charge is -2.16. The first kappa shape index (κ1) is 22.4. The number of rotatable bonds is 5. The van der Waals surface area contributed by atoms with Crippen LogP contribution in [0.5, 0.6) is 0 Å². The van der Waals surface area contributed by atoms with Crippen molar-refractivity contribution >= 4 is 28.3 Å². The molecule has 1 aliphatic rings. The summed E-state index contributed by atoms with van der Waals surface area (Å²) >= 11 is 0. The van der Waals surface area contributed by atoms with Gasteiger partial charge in [-0.1, -0.05) is 30.3 Å². The zero-order chi connectivity index (χ0) is 19.8. The Balaban J connectivity index is 0.00000280. The minimum absolute atomic E-state index is 0. The van der Waals surface area contributed by atoms with E-state index in [0.717, 1.165) is 9.87 Å². The van der Waals surface area contributed by atoms with E-state index in [4.69, 9.17) is 10.2 Å². The Morgan fingerprint density at radius 2 is 1.89 bits per heavy atom. The van der Waals surface area contributed by atoms with Crippen LogP contribution in [0.15, 0.2) is 45.7 Å². The van der Waals surface area contributed by atoms with E-state index >= 15 is 0 Å². The number of nitrogens with two attached hydrogens (primary N) is 1. The van der Waals surface area contributed by atoms with E-state index in [9.17, 15) is 13.2 Å². The van der Waals surface area contributed by atoms with E-state index in [-0.39, 0.29) is 46.6 Å². The molecule has 154 valence electrons. The van der Waals surface area contributed by atoms with Gasteiger partial charge in [0.15, 0.2) is 5.76 Å². The van der Waals surface area contributed by atoms with Gasteiger partial charge in [0.1, 0.15) is 10.7 Å². The summed E-state index contributed by atoms with van der Waals surface area (Å²) in [6, 6.07) is 11.3. The fraction of sp³-hybridized carbons (Fsp3) is 0.421. The Hall–Kier alpha value is -1.87. The number of amides is 1. The van der Waals surface area contributed by atoms with Gasteiger partial charge >= 0.3 is 0 Å². The van der Waals surface area contributed by atoms with Gasteiger partial charge in [-0.15, -0.1) is 12.4 Å². The molecule has 0 aliphatic carbocycles. The van der Waals surface area contributed by atoms with Gasteiger partial charge in [-0.3, -0.25) is 4.79 Å². The Kier molecular flexibility index (Phi) is 6.93. The molecule has 1 aromatic heterocycles. The first-order valence-electron chi connectivity index (χ1n) is 8.83. The van der Waals surface area contributed by atoms with Gasteiger partial charge in [-0.25, -0.2) is 12.7 Å². The number of carbonyl (C=O) groups excluding carboxylic acids is 1. The van der Waals surface area contributed by atoms with Crippen molar-refractivity contribution in [2.45, 2.75) is 17.7 Å². The van der Waals surface area contributed by atoms with Gasteiger partial charge in [-0.2, -0.15) is 0 Å². The number of likely N-dealkylation sites (tertiary alicyclic amines) is 1. The second-order valence-corrected chi connectivity index (χ2v) is 9.16. The monoisotopic (exact) mass is 427 g/mol. The second kappa shape index (κ2) is 8.65. The van der Waals surface area contributed by atoms with Crippen molar-refractivity contribution in [2.75, 3.05) is 33.7 Å². The van der Waals surface area contributed by atoms with Gasteiger partial charge in [0.05, 0.1) is 0 Å². The minimum Gasteiger partial charge on any atom is -0.455 e. The SMILES string of the molecule is Cc1oc(C(=O)N2C[C@@H](CN)[C@H](c3ccccc3)C2)cc1S(=O)(=O)N(C)C.Cl. The average Bonchev–Trinajstić information content (AvgIpc) is 3.25. The van der Waals surface area contributed by atoms with Crippen molar-refractivity contribution in [3.8, 4) is 0 Å². The molecule has 2 N–H and O–H groups in total. The van der Waals surface area contributed by atoms with Crippen LogP contribution in [0.2, 0.25) is 0 Å². The third-order valence-corrected chi connectivity index (χ3v) is 7.02. The van der Waals surface area contributed by atoms with Crippen molar-refractivity contribution < 1.29 is 17.6 Å². The molecule has 1 aromatic carbocycles. The molecule has 2 atom stereocenters. The van der Waals surface area contributed by atoms with Crippen LogP contribution in [0.3, 0.4) is 0 Å². The highest BCUT2D eigenvalue weighted by Crippen LogP contribution is 2.33. The number of furan rings is 1. The second-order valence-electron chi connectivity index (χ2n) is 7.04. The molecule has 1 saturated heterocycles. The van der Waals surface area contributed by atoms with Gasteiger partial charge in [0, 0.05) is 39.2 Å². The largest absolute Gasteiger partial charge is 0.455 e. The molecule has 2 heterocycles. The Labute approximate surface area is 171 Å². The molecule has 0 saturated carbocycles. The summed E-state index contributed by atoms with van der Waals surface area (Å²) in [5.41, 5.74) is 7.08. The highest BCUT2D eigenvalue weighted by molar-refractivity contribution is 7.89. The molecular formula is C19H26ClN3O4S. The molecular weight excluding hydrogens is 402 g/mol. The zero-order valence-electron chi connectivity index (χ0n) is 16.2. The number of hydrogen-bond donors (Lipinski definition) is 1. The molecule has 0 radical (unpaired) electrons. The Morgan fingerprint density at radius 3 is 2.46 bits per heavy atom. The number of benzene rings is 1. The number of sulfonamides is 1. The molecule has 3 rings (SSSR count). The van der Waals surface area contributed by atoms with Crippen molar-refractivity contribution in [3.63, 3.8) is 0 Å². The quantitative estimate of drug-likeness (QED) is 0.787. The van der Waals surface area contributed by atoms with Crippen molar-refractivity contribution in [1.82, 2.24) is 9.21 Å². The fourth-order valence-corrected chi connectivity index (χ4v) is 4.59. The van der Waals surface area contributed by atoms with E-state index in [1.165, 1.54) is 20.2 Å². The van der Waals surface area contributed by atoms with Crippen molar-refractivity contribution in [2.24, 2.45) is 11.7 Å². The normalized spacial score (nSPS) is 19.7. The third-order valence-electron chi connectivity index (χ3n) is 5.10. The lowest BCUT2D eigenvalue weighted by molar-refractivity contribution is 0.0753. The van der Waals surface area contributed by atoms with E-state index in [1.54, 1.807) is 11.8 Å². The van der Waals surface area contributed by atoms with Crippen LogP contribution in [-0.4, -0.2) is 57.3 Å². The fourth-order valence-electron chi connectivity index (χ4n) is 3.53. The number of aryl methyl sites for hydroxylation is 1. The number of nitrogens with zero attached hydrogens (tertiary/aromatic N) is 2. The first-order chi connectivity index (χ1) is 12.8. The van der Waals surface area contributed by atoms with Crippen molar-refractivity contribution in [1.29, 1.82) is 0 Å². The number of carbonyl (C=O) groups is 1. The predicted molar refractivity (Wildman–Crippen MR) is 109 cm³/mol. The van der Waals surface area contributed by atoms with Crippen LogP contribution in [0, 0.1) is 12.8 Å². The topological polar surface area (TPSA) is 96.8 Å². The molecule has 0 spiro atoms. The molecule has 28 heavy (non-hydrogen) atoms. The highest BCUT2D eigenvalue weighted by atomic mass is 35.5. The van der Waals surface area contributed by atoms with Crippen LogP contribution in [0.1, 0.15) is 27.8 Å². The maximum absolute atomic E-state index is 12.9. The molecule has 1 aliphatic heterocycles. The third kappa shape index (κ3) is 4.10. The van der Waals surface area contributed by atoms with Crippen LogP contribution < -0.4 is 5.73 Å². The van der Waals surface area contributed by atoms with Gasteiger partial charge in [-0.05, 0) is 24.9 Å². The van der Waals surface area contributed by atoms with E-state index in [2.05, 4.69) is 0 Å². The van der Waals surface area contributed by atoms with Gasteiger partial charge in [0.25, 0.3) is 5.91 Å². The Bertz CT molecular complexity index is 928. The maximum Gasteiger partial charge on any atom is 0.289 e. The summed E-state index contributed by atoms with van der Waals surface area (Å²) < 4.78 is 31.3. The molecule has 7 nitrogen and oxygen atoms in total. The van der Waals surface area contributed by atoms with Crippen molar-refractivity contribution in [3.05, 3.63) is 53.5 Å². The standard InChI is InChI=1S/C19H25N3O4S.ClH/c1-13-18(27(24,25)21(2)3)9-17(26-13)19(23)22-11-15(10-20)16(12-22)14-7-5-4-6-8-14;/h4-9,15-16H,10-12,20H2,1-3H3;1H/t15-,16+;/m1./s1. The van der Waals surface area contributed by atoms with Crippen LogP contribution in [0.4, 0.5) is 0 Å². The van der Waals surface area contributed by atoms with Crippen LogP contribution in [0.25, 0.3) is 0 Å². The lowest BCUT2D eigenvalue weighted by Crippen LogP contribution is -2.29. The molecule has 2 aromatic rings. The molecule has 1 fully saturated rings. The first-order valence-corrected chi connectivity index (χ1v) is 10.3. The summed E-state index contributed by atoms with van der Waals surface area (Å²) in [6.07, 6.45) is 0. The Morgan fingerprint density at radius 1 is 1.25 bits per heavy atom. The highest BCUT2D eigenvalue weighted by Gasteiger charge is 2.37. The zero-order valence-corrected chi connectivity index (χ0v) is 17.8. The van der Waals surface area contributed by atoms with Gasteiger partial charge < -0.3 is 15.1 Å². The van der Waals surface area contributed by atoms with Crippen LogP contribution in [-0.2, 0) is 10.0 Å². The van der Waals surface area contributed by atoms with E-state index < -0.39 is 10.0 Å². The average molecular weight is 428 g/mol. The summed E-state index contributed by atoms with van der Waals surface area (Å²) in [6.45, 7) is 3.07. The summed E-state index contributed by atoms with van der Waals surface area (Å²) in [4.78, 5) is 14.6. The molecule has 0 bridgehead atoms. The molecule has 0 unspecified atom stereocenters. The minimum atomic E-state index is -3.66. The van der Waals surface area contributed by atoms with Gasteiger partial charge in [0.2, 0.25) is 10.0 Å². The molecule has 1 amide bonds. The number of halogens is 1. The smallest absolute Gasteiger partial charge is 0.289 e. The molecule has 9 heteroatoms. The number of hydrogen-bond acceptors (Lipinski definition) is 5. The van der Waals surface area contributed by atoms with Crippen LogP contribution >= 0.6 is 12.4 Å². The van der Waals surface area contributed by atoms with E-state index in [0.29, 0.717) is 19.6 Å². The predicted octanol–water partition coefficient (Wildman–Crippen LogP) is 2.07.